The number of benzene rings is 1. The number of likely N-dealkylation sites (tertiary alicyclic amines) is 1. The summed E-state index contributed by atoms with van der Waals surface area (Å²) in [4.78, 5) is 18.7. The van der Waals surface area contributed by atoms with Crippen LogP contribution in [0.2, 0.25) is 0 Å². The van der Waals surface area contributed by atoms with Crippen LogP contribution >= 0.6 is 0 Å². The zero-order valence-corrected chi connectivity index (χ0v) is 15.0. The summed E-state index contributed by atoms with van der Waals surface area (Å²) in [6.45, 7) is 2.97. The van der Waals surface area contributed by atoms with Crippen LogP contribution in [-0.2, 0) is 6.42 Å². The monoisotopic (exact) mass is 369 g/mol. The fourth-order valence-electron chi connectivity index (χ4n) is 3.43. The van der Waals surface area contributed by atoms with Crippen LogP contribution in [0.3, 0.4) is 0 Å². The van der Waals surface area contributed by atoms with E-state index in [0.29, 0.717) is 42.6 Å². The third kappa shape index (κ3) is 3.92. The molecule has 0 bridgehead atoms. The Kier molecular flexibility index (Phi) is 4.75. The second-order valence-electron chi connectivity index (χ2n) is 6.88. The molecule has 3 heterocycles. The summed E-state index contributed by atoms with van der Waals surface area (Å²) in [6, 6.07) is 8.08. The van der Waals surface area contributed by atoms with Gasteiger partial charge in [0, 0.05) is 25.6 Å². The third-order valence-corrected chi connectivity index (χ3v) is 4.74. The van der Waals surface area contributed by atoms with Gasteiger partial charge in [0.25, 0.3) is 5.91 Å². The first-order chi connectivity index (χ1) is 13.1. The highest BCUT2D eigenvalue weighted by molar-refractivity contribution is 5.92. The molecule has 0 unspecified atom stereocenters. The molecule has 0 saturated carbocycles. The van der Waals surface area contributed by atoms with Gasteiger partial charge in [-0.3, -0.25) is 4.79 Å². The number of carbonyl (C=O) groups excluding carboxylic acids is 1. The van der Waals surface area contributed by atoms with Gasteiger partial charge in [0.05, 0.1) is 12.1 Å². The molecular formula is C20H20FN3O3. The highest BCUT2D eigenvalue weighted by Crippen LogP contribution is 2.28. The topological polar surface area (TPSA) is 72.4 Å². The summed E-state index contributed by atoms with van der Waals surface area (Å²) >= 11 is 0. The lowest BCUT2D eigenvalue weighted by molar-refractivity contribution is 0.0687. The van der Waals surface area contributed by atoms with Gasteiger partial charge >= 0.3 is 0 Å². The van der Waals surface area contributed by atoms with Crippen molar-refractivity contribution in [2.24, 2.45) is 0 Å². The van der Waals surface area contributed by atoms with Crippen molar-refractivity contribution in [2.45, 2.75) is 32.1 Å². The summed E-state index contributed by atoms with van der Waals surface area (Å²) in [5.74, 6) is 1.56. The van der Waals surface area contributed by atoms with E-state index in [0.717, 1.165) is 18.4 Å². The van der Waals surface area contributed by atoms with Gasteiger partial charge in [-0.15, -0.1) is 0 Å². The molecule has 2 aromatic heterocycles. The van der Waals surface area contributed by atoms with Gasteiger partial charge in [-0.2, -0.15) is 0 Å². The van der Waals surface area contributed by atoms with Crippen LogP contribution < -0.4 is 0 Å². The Labute approximate surface area is 156 Å². The van der Waals surface area contributed by atoms with E-state index in [-0.39, 0.29) is 17.6 Å². The van der Waals surface area contributed by atoms with Crippen LogP contribution in [0.5, 0.6) is 0 Å². The Morgan fingerprint density at radius 2 is 2.26 bits per heavy atom. The maximum Gasteiger partial charge on any atom is 0.276 e. The average Bonchev–Trinajstić information content (AvgIpc) is 3.30. The van der Waals surface area contributed by atoms with Crippen molar-refractivity contribution in [1.82, 2.24) is 15.0 Å². The molecular weight excluding hydrogens is 349 g/mol. The smallest absolute Gasteiger partial charge is 0.276 e. The van der Waals surface area contributed by atoms with E-state index in [1.54, 1.807) is 30.2 Å². The molecule has 1 aliphatic rings. The number of aryl methyl sites for hydroxylation is 1. The van der Waals surface area contributed by atoms with Crippen LogP contribution in [0.15, 0.2) is 45.5 Å². The van der Waals surface area contributed by atoms with Crippen molar-refractivity contribution in [1.29, 1.82) is 0 Å². The molecule has 0 radical (unpaired) electrons. The van der Waals surface area contributed by atoms with Crippen molar-refractivity contribution in [2.75, 3.05) is 13.1 Å². The van der Waals surface area contributed by atoms with E-state index >= 15 is 0 Å². The zero-order chi connectivity index (χ0) is 18.8. The summed E-state index contributed by atoms with van der Waals surface area (Å²) in [5, 5.41) is 3.81. The Morgan fingerprint density at radius 1 is 1.37 bits per heavy atom. The van der Waals surface area contributed by atoms with E-state index in [1.165, 1.54) is 12.1 Å². The maximum atomic E-state index is 13.3. The first-order valence-corrected chi connectivity index (χ1v) is 9.00. The van der Waals surface area contributed by atoms with Gasteiger partial charge in [-0.1, -0.05) is 17.3 Å². The molecule has 0 spiro atoms. The molecule has 0 N–H and O–H groups in total. The minimum absolute atomic E-state index is 0.0388. The van der Waals surface area contributed by atoms with Crippen LogP contribution in [0.1, 0.15) is 52.2 Å². The summed E-state index contributed by atoms with van der Waals surface area (Å²) in [6.07, 6.45) is 3.94. The molecule has 27 heavy (non-hydrogen) atoms. The number of rotatable bonds is 4. The molecule has 0 aliphatic carbocycles. The lowest BCUT2D eigenvalue weighted by Crippen LogP contribution is -2.39. The van der Waals surface area contributed by atoms with Gasteiger partial charge < -0.3 is 13.8 Å². The molecule has 1 fully saturated rings. The molecule has 3 aromatic rings. The first kappa shape index (κ1) is 17.5. The van der Waals surface area contributed by atoms with Crippen LogP contribution in [0.4, 0.5) is 4.39 Å². The number of aromatic nitrogens is 2. The maximum absolute atomic E-state index is 13.3. The van der Waals surface area contributed by atoms with Gasteiger partial charge in [-0.05, 0) is 37.5 Å². The molecule has 4 rings (SSSR count). The number of nitrogens with zero attached hydrogens (tertiary/aromatic N) is 3. The normalized spacial score (nSPS) is 17.3. The van der Waals surface area contributed by atoms with Gasteiger partial charge in [0.1, 0.15) is 17.3 Å². The number of piperidine rings is 1. The van der Waals surface area contributed by atoms with Gasteiger partial charge in [0.2, 0.25) is 0 Å². The van der Waals surface area contributed by atoms with E-state index < -0.39 is 0 Å². The fraction of sp³-hybridized carbons (Fsp3) is 0.350. The van der Waals surface area contributed by atoms with E-state index in [4.69, 9.17) is 8.94 Å². The van der Waals surface area contributed by atoms with Gasteiger partial charge in [-0.25, -0.2) is 9.37 Å². The molecule has 1 atom stereocenters. The Balaban J connectivity index is 1.44. The Hall–Kier alpha value is -2.96. The van der Waals surface area contributed by atoms with Crippen molar-refractivity contribution in [3.8, 4) is 0 Å². The Bertz CT molecular complexity index is 949. The molecule has 140 valence electrons. The predicted octanol–water partition coefficient (Wildman–Crippen LogP) is 3.72. The summed E-state index contributed by atoms with van der Waals surface area (Å²) < 4.78 is 24.2. The lowest BCUT2D eigenvalue weighted by atomic mass is 9.97. The first-order valence-electron chi connectivity index (χ1n) is 9.00. The highest BCUT2D eigenvalue weighted by Gasteiger charge is 2.29. The second kappa shape index (κ2) is 7.34. The average molecular weight is 369 g/mol. The summed E-state index contributed by atoms with van der Waals surface area (Å²) in [5.41, 5.74) is 1.16. The molecule has 7 heteroatoms. The third-order valence-electron chi connectivity index (χ3n) is 4.74. The van der Waals surface area contributed by atoms with Gasteiger partial charge in [0.15, 0.2) is 11.6 Å². The second-order valence-corrected chi connectivity index (χ2v) is 6.88. The minimum atomic E-state index is -0.267. The zero-order valence-electron chi connectivity index (χ0n) is 15.0. The quantitative estimate of drug-likeness (QED) is 0.701. The standard InChI is InChI=1S/C20H20FN3O3/c1-13-8-18(23-27-13)20(25)24-7-3-5-15(12-24)19-22-11-17(26-19)10-14-4-2-6-16(21)9-14/h2,4,6,8-9,11,15H,3,5,7,10,12H2,1H3/t15-/m0/s1. The van der Waals surface area contributed by atoms with E-state index in [9.17, 15) is 9.18 Å². The van der Waals surface area contributed by atoms with Crippen molar-refractivity contribution in [3.63, 3.8) is 0 Å². The predicted molar refractivity (Wildman–Crippen MR) is 94.8 cm³/mol. The molecule has 1 amide bonds. The van der Waals surface area contributed by atoms with Crippen molar-refractivity contribution >= 4 is 5.91 Å². The van der Waals surface area contributed by atoms with Crippen LogP contribution in [0.25, 0.3) is 0 Å². The van der Waals surface area contributed by atoms with E-state index in [2.05, 4.69) is 10.1 Å². The highest BCUT2D eigenvalue weighted by atomic mass is 19.1. The largest absolute Gasteiger partial charge is 0.445 e. The molecule has 6 nitrogen and oxygen atoms in total. The van der Waals surface area contributed by atoms with E-state index in [1.807, 2.05) is 6.07 Å². The van der Waals surface area contributed by atoms with Crippen molar-refractivity contribution < 1.29 is 18.1 Å². The van der Waals surface area contributed by atoms with Crippen LogP contribution in [0, 0.1) is 12.7 Å². The summed E-state index contributed by atoms with van der Waals surface area (Å²) in [7, 11) is 0. The number of hydrogen-bond donors (Lipinski definition) is 0. The Morgan fingerprint density at radius 3 is 3.04 bits per heavy atom. The number of oxazole rings is 1. The SMILES string of the molecule is Cc1cc(C(=O)N2CCC[C@H](c3ncc(Cc4cccc(F)c4)o3)C2)no1. The minimum Gasteiger partial charge on any atom is -0.445 e. The van der Waals surface area contributed by atoms with Crippen LogP contribution in [-0.4, -0.2) is 34.0 Å². The molecule has 1 saturated heterocycles. The number of hydrogen-bond acceptors (Lipinski definition) is 5. The number of amides is 1. The number of carbonyl (C=O) groups is 1. The molecule has 1 aliphatic heterocycles. The number of halogens is 1. The molecule has 1 aromatic carbocycles. The van der Waals surface area contributed by atoms with Crippen molar-refractivity contribution in [3.05, 3.63) is 71.0 Å². The lowest BCUT2D eigenvalue weighted by Gasteiger charge is -2.30. The fourth-order valence-corrected chi connectivity index (χ4v) is 3.43.